The van der Waals surface area contributed by atoms with Crippen molar-refractivity contribution in [1.82, 2.24) is 0 Å². The van der Waals surface area contributed by atoms with Crippen LogP contribution in [0.5, 0.6) is 0 Å². The smallest absolute Gasteiger partial charge is 0.192 e. The van der Waals surface area contributed by atoms with Gasteiger partial charge in [0.15, 0.2) is 8.32 Å². The summed E-state index contributed by atoms with van der Waals surface area (Å²) in [6, 6.07) is 0. The summed E-state index contributed by atoms with van der Waals surface area (Å²) in [5, 5.41) is 0.234. The van der Waals surface area contributed by atoms with Gasteiger partial charge in [0.25, 0.3) is 0 Å². The van der Waals surface area contributed by atoms with Crippen molar-refractivity contribution in [3.63, 3.8) is 0 Å². The Morgan fingerprint density at radius 1 is 1.17 bits per heavy atom. The van der Waals surface area contributed by atoms with E-state index in [-0.39, 0.29) is 5.04 Å². The van der Waals surface area contributed by atoms with Gasteiger partial charge in [-0.1, -0.05) is 65.3 Å². The van der Waals surface area contributed by atoms with Crippen molar-refractivity contribution in [3.05, 3.63) is 23.8 Å². The molecule has 0 amide bonds. The molecule has 0 spiro atoms. The minimum atomic E-state index is -1.70. The van der Waals surface area contributed by atoms with Crippen molar-refractivity contribution in [2.24, 2.45) is 5.92 Å². The Morgan fingerprint density at radius 2 is 1.74 bits per heavy atom. The Morgan fingerprint density at radius 3 is 2.17 bits per heavy atom. The lowest BCUT2D eigenvalue weighted by Crippen LogP contribution is -2.41. The van der Waals surface area contributed by atoms with Gasteiger partial charge in [-0.25, -0.2) is 0 Å². The lowest BCUT2D eigenvalue weighted by atomic mass is 10.1. The quantitative estimate of drug-likeness (QED) is 0.355. The number of hydrogen-bond acceptors (Lipinski definition) is 1. The molecule has 0 aromatic rings. The fourth-order valence-electron chi connectivity index (χ4n) is 1.45. The highest BCUT2D eigenvalue weighted by Gasteiger charge is 2.37. The second-order valence-corrected chi connectivity index (χ2v) is 18.2. The summed E-state index contributed by atoms with van der Waals surface area (Å²) in [5.74, 6) is 6.14. The highest BCUT2D eigenvalue weighted by molar-refractivity contribution is 6.83. The third-order valence-electron chi connectivity index (χ3n) is 3.94. The van der Waals surface area contributed by atoms with Crippen LogP contribution < -0.4 is 0 Å². The van der Waals surface area contributed by atoms with Crippen molar-refractivity contribution < 1.29 is 4.43 Å². The van der Waals surface area contributed by atoms with Crippen LogP contribution in [-0.4, -0.2) is 23.0 Å². The highest BCUT2D eigenvalue weighted by atomic mass is 28.4. The lowest BCUT2D eigenvalue weighted by Gasteiger charge is -2.36. The van der Waals surface area contributed by atoms with Crippen LogP contribution in [0.3, 0.4) is 0 Å². The van der Waals surface area contributed by atoms with Gasteiger partial charge in [-0.05, 0) is 36.2 Å². The first-order valence-corrected chi connectivity index (χ1v) is 14.7. The molecule has 0 rings (SSSR count). The fraction of sp³-hybridized carbons (Fsp3) is 0.600. The normalized spacial score (nSPS) is 15.0. The molecule has 0 N–H and O–H groups in total. The van der Waals surface area contributed by atoms with Crippen molar-refractivity contribution >= 4 is 16.4 Å². The molecule has 1 atom stereocenters. The van der Waals surface area contributed by atoms with Crippen molar-refractivity contribution in [2.45, 2.75) is 65.5 Å². The minimum Gasteiger partial charge on any atom is -0.416 e. The van der Waals surface area contributed by atoms with Gasteiger partial charge in [-0.15, -0.1) is 12.0 Å². The zero-order valence-corrected chi connectivity index (χ0v) is 18.5. The monoisotopic (exact) mass is 346 g/mol. The topological polar surface area (TPSA) is 9.23 Å². The van der Waals surface area contributed by atoms with Crippen LogP contribution in [0, 0.1) is 29.7 Å². The van der Waals surface area contributed by atoms with Gasteiger partial charge in [0.05, 0.1) is 0 Å². The molecule has 128 valence electrons. The van der Waals surface area contributed by atoms with Gasteiger partial charge in [-0.2, -0.15) is 0 Å². The van der Waals surface area contributed by atoms with E-state index in [1.807, 2.05) is 12.2 Å². The molecule has 0 aliphatic carbocycles. The van der Waals surface area contributed by atoms with E-state index in [0.717, 1.165) is 12.2 Å². The predicted octanol–water partition coefficient (Wildman–Crippen LogP) is 5.64. The van der Waals surface area contributed by atoms with Gasteiger partial charge in [0.2, 0.25) is 0 Å². The first kappa shape index (κ1) is 22.0. The van der Waals surface area contributed by atoms with Crippen LogP contribution in [0.15, 0.2) is 23.8 Å². The van der Waals surface area contributed by atoms with E-state index >= 15 is 0 Å². The van der Waals surface area contributed by atoms with E-state index in [2.05, 4.69) is 83.9 Å². The van der Waals surface area contributed by atoms with Crippen LogP contribution in [0.2, 0.25) is 37.8 Å². The SMILES string of the molecule is C#CC(/C=C/C#C[Si](C)(C)C)=C/[C@@H](C)CO[Si](C)(C)C(C)(C)C. The molecule has 23 heavy (non-hydrogen) atoms. The molecule has 0 aliphatic rings. The first-order valence-electron chi connectivity index (χ1n) is 8.30. The highest BCUT2D eigenvalue weighted by Crippen LogP contribution is 2.36. The first-order chi connectivity index (χ1) is 10.3. The predicted molar refractivity (Wildman–Crippen MR) is 109 cm³/mol. The Kier molecular flexibility index (Phi) is 8.35. The molecule has 1 nitrogen and oxygen atoms in total. The molecule has 0 aromatic carbocycles. The summed E-state index contributed by atoms with van der Waals surface area (Å²) in [4.78, 5) is 0. The van der Waals surface area contributed by atoms with Gasteiger partial charge >= 0.3 is 0 Å². The van der Waals surface area contributed by atoms with E-state index in [1.54, 1.807) is 0 Å². The molecule has 3 heteroatoms. The maximum atomic E-state index is 6.25. The second kappa shape index (κ2) is 8.74. The summed E-state index contributed by atoms with van der Waals surface area (Å²) in [6.45, 7) is 20.9. The van der Waals surface area contributed by atoms with Gasteiger partial charge in [0, 0.05) is 12.2 Å². The minimum absolute atomic E-state index is 0.234. The van der Waals surface area contributed by atoms with Crippen LogP contribution in [0.4, 0.5) is 0 Å². The molecular weight excluding hydrogens is 312 g/mol. The zero-order valence-electron chi connectivity index (χ0n) is 16.5. The van der Waals surface area contributed by atoms with E-state index in [0.29, 0.717) is 5.92 Å². The number of terminal acetylenes is 1. The molecule has 0 fully saturated rings. The molecule has 0 saturated carbocycles. The number of allylic oxidation sites excluding steroid dienone is 3. The zero-order chi connectivity index (χ0) is 18.3. The van der Waals surface area contributed by atoms with E-state index in [4.69, 9.17) is 10.8 Å². The summed E-state index contributed by atoms with van der Waals surface area (Å²) in [7, 11) is -3.02. The van der Waals surface area contributed by atoms with E-state index in [1.165, 1.54) is 0 Å². The molecule has 0 heterocycles. The number of hydrogen-bond donors (Lipinski definition) is 0. The second-order valence-electron chi connectivity index (χ2n) is 8.67. The fourth-order valence-corrected chi connectivity index (χ4v) is 3.08. The maximum Gasteiger partial charge on any atom is 0.192 e. The molecule has 0 aliphatic heterocycles. The summed E-state index contributed by atoms with van der Waals surface area (Å²) in [5.41, 5.74) is 4.18. The third-order valence-corrected chi connectivity index (χ3v) is 9.33. The summed E-state index contributed by atoms with van der Waals surface area (Å²) < 4.78 is 6.25. The summed E-state index contributed by atoms with van der Waals surface area (Å²) in [6.07, 6.45) is 11.5. The Bertz CT molecular complexity index is 537. The average Bonchev–Trinajstić information content (AvgIpc) is 2.37. The molecular formula is C20H34OSi2. The van der Waals surface area contributed by atoms with Crippen LogP contribution >= 0.6 is 0 Å². The van der Waals surface area contributed by atoms with E-state index in [9.17, 15) is 0 Å². The standard InChI is InChI=1S/C20H34OSi2/c1-11-19(14-12-13-15-22(6,7)8)16-18(2)17-21-23(9,10)20(3,4)5/h1,12,14,16,18H,17H2,2-10H3/b14-12+,19-16-/t18-/m1/s1. The van der Waals surface area contributed by atoms with Crippen molar-refractivity contribution in [3.8, 4) is 23.8 Å². The summed E-state index contributed by atoms with van der Waals surface area (Å²) >= 11 is 0. The molecule has 0 saturated heterocycles. The van der Waals surface area contributed by atoms with Crippen LogP contribution in [0.1, 0.15) is 27.7 Å². The van der Waals surface area contributed by atoms with Gasteiger partial charge in [0.1, 0.15) is 8.07 Å². The number of rotatable bonds is 5. The van der Waals surface area contributed by atoms with Crippen molar-refractivity contribution in [1.29, 1.82) is 0 Å². The third kappa shape index (κ3) is 9.66. The Hall–Kier alpha value is -1.01. The molecule has 0 bridgehead atoms. The molecule has 0 radical (unpaired) electrons. The van der Waals surface area contributed by atoms with Crippen LogP contribution in [0.25, 0.3) is 0 Å². The lowest BCUT2D eigenvalue weighted by molar-refractivity contribution is 0.259. The average molecular weight is 347 g/mol. The van der Waals surface area contributed by atoms with E-state index < -0.39 is 16.4 Å². The maximum absolute atomic E-state index is 6.25. The van der Waals surface area contributed by atoms with Crippen LogP contribution in [-0.2, 0) is 4.43 Å². The Labute approximate surface area is 146 Å². The van der Waals surface area contributed by atoms with Gasteiger partial charge < -0.3 is 4.43 Å². The largest absolute Gasteiger partial charge is 0.416 e. The van der Waals surface area contributed by atoms with Gasteiger partial charge in [-0.3, -0.25) is 0 Å². The molecule has 0 aromatic heterocycles. The Balaban J connectivity index is 4.78. The van der Waals surface area contributed by atoms with Crippen molar-refractivity contribution in [2.75, 3.05) is 6.61 Å². The molecule has 0 unspecified atom stereocenters.